The number of rotatable bonds is 0. The van der Waals surface area contributed by atoms with Gasteiger partial charge in [0.2, 0.25) is 0 Å². The summed E-state index contributed by atoms with van der Waals surface area (Å²) in [6, 6.07) is 0. The van der Waals surface area contributed by atoms with Crippen LogP contribution in [0.3, 0.4) is 0 Å². The van der Waals surface area contributed by atoms with Crippen molar-refractivity contribution in [3.63, 3.8) is 0 Å². The summed E-state index contributed by atoms with van der Waals surface area (Å²) < 4.78 is 6.87. The summed E-state index contributed by atoms with van der Waals surface area (Å²) >= 11 is 0. The standard InChI is InChI=1S/C23H42N2O2/c1-20(2)17-22(18-21(3,4)25(20)5)19(26)24-23(27-22)15-13-11-9-7-6-8-10-12-14-16-23/h6-18H2,1-5H3,(H,24,26). The van der Waals surface area contributed by atoms with E-state index in [0.717, 1.165) is 38.5 Å². The quantitative estimate of drug-likeness (QED) is 0.633. The number of ether oxygens (including phenoxy) is 1. The van der Waals surface area contributed by atoms with Crippen LogP contribution in [0, 0.1) is 0 Å². The maximum Gasteiger partial charge on any atom is 0.254 e. The smallest absolute Gasteiger partial charge is 0.254 e. The molecule has 0 aromatic rings. The molecule has 4 heteroatoms. The molecular weight excluding hydrogens is 336 g/mol. The molecule has 3 fully saturated rings. The third kappa shape index (κ3) is 4.37. The minimum atomic E-state index is -0.670. The lowest BCUT2D eigenvalue weighted by Gasteiger charge is -2.56. The van der Waals surface area contributed by atoms with Gasteiger partial charge in [0, 0.05) is 23.9 Å². The van der Waals surface area contributed by atoms with Gasteiger partial charge in [-0.1, -0.05) is 44.9 Å². The maximum atomic E-state index is 13.3. The Morgan fingerprint density at radius 3 is 1.63 bits per heavy atom. The Balaban J connectivity index is 1.80. The van der Waals surface area contributed by atoms with Crippen LogP contribution >= 0.6 is 0 Å². The molecule has 1 N–H and O–H groups in total. The fourth-order valence-electron chi connectivity index (χ4n) is 5.93. The van der Waals surface area contributed by atoms with Crippen LogP contribution in [0.2, 0.25) is 0 Å². The molecule has 0 bridgehead atoms. The van der Waals surface area contributed by atoms with E-state index in [2.05, 4.69) is 45.0 Å². The van der Waals surface area contributed by atoms with Gasteiger partial charge in [0.1, 0.15) is 5.72 Å². The average Bonchev–Trinajstić information content (AvgIpc) is 2.80. The minimum absolute atomic E-state index is 0.0595. The predicted octanol–water partition coefficient (Wildman–Crippen LogP) is 5.16. The number of piperidine rings is 1. The summed E-state index contributed by atoms with van der Waals surface area (Å²) in [5.74, 6) is 0.142. The molecule has 2 saturated heterocycles. The van der Waals surface area contributed by atoms with E-state index >= 15 is 0 Å². The summed E-state index contributed by atoms with van der Waals surface area (Å²) in [5.41, 5.74) is -1.22. The van der Waals surface area contributed by atoms with Gasteiger partial charge < -0.3 is 10.1 Å². The number of carbonyl (C=O) groups excluding carboxylic acids is 1. The zero-order chi connectivity index (χ0) is 19.8. The molecule has 156 valence electrons. The molecule has 0 radical (unpaired) electrons. The van der Waals surface area contributed by atoms with E-state index in [1.807, 2.05) is 0 Å². The second-order valence-corrected chi connectivity index (χ2v) is 10.8. The van der Waals surface area contributed by atoms with Crippen LogP contribution in [-0.4, -0.2) is 40.3 Å². The van der Waals surface area contributed by atoms with Crippen LogP contribution in [0.5, 0.6) is 0 Å². The van der Waals surface area contributed by atoms with Crippen molar-refractivity contribution >= 4 is 5.91 Å². The van der Waals surface area contributed by atoms with Crippen LogP contribution in [0.25, 0.3) is 0 Å². The van der Waals surface area contributed by atoms with Crippen molar-refractivity contribution in [3.8, 4) is 0 Å². The molecule has 1 aliphatic carbocycles. The van der Waals surface area contributed by atoms with Gasteiger partial charge in [0.15, 0.2) is 5.60 Å². The number of nitrogens with one attached hydrogen (secondary N) is 1. The first-order valence-corrected chi connectivity index (χ1v) is 11.4. The first-order chi connectivity index (χ1) is 12.6. The van der Waals surface area contributed by atoms with Gasteiger partial charge in [0.25, 0.3) is 5.91 Å². The lowest BCUT2D eigenvalue weighted by atomic mass is 9.71. The summed E-state index contributed by atoms with van der Waals surface area (Å²) in [4.78, 5) is 15.8. The Labute approximate surface area is 166 Å². The van der Waals surface area contributed by atoms with Crippen LogP contribution in [-0.2, 0) is 9.53 Å². The van der Waals surface area contributed by atoms with E-state index in [1.54, 1.807) is 0 Å². The molecule has 2 aliphatic heterocycles. The van der Waals surface area contributed by atoms with E-state index in [9.17, 15) is 4.79 Å². The molecule has 0 aromatic carbocycles. The van der Waals surface area contributed by atoms with Crippen molar-refractivity contribution in [2.24, 2.45) is 0 Å². The van der Waals surface area contributed by atoms with E-state index in [4.69, 9.17) is 4.74 Å². The molecule has 2 spiro atoms. The van der Waals surface area contributed by atoms with E-state index in [1.165, 1.54) is 44.9 Å². The molecule has 0 atom stereocenters. The molecule has 3 rings (SSSR count). The van der Waals surface area contributed by atoms with Crippen LogP contribution in [0.15, 0.2) is 0 Å². The fraction of sp³-hybridized carbons (Fsp3) is 0.957. The van der Waals surface area contributed by atoms with Crippen LogP contribution in [0.4, 0.5) is 0 Å². The molecule has 4 nitrogen and oxygen atoms in total. The highest BCUT2D eigenvalue weighted by Gasteiger charge is 2.62. The van der Waals surface area contributed by atoms with Crippen molar-refractivity contribution in [2.75, 3.05) is 7.05 Å². The van der Waals surface area contributed by atoms with Gasteiger partial charge in [-0.25, -0.2) is 0 Å². The zero-order valence-corrected chi connectivity index (χ0v) is 18.5. The van der Waals surface area contributed by atoms with Gasteiger partial charge in [0.05, 0.1) is 0 Å². The Morgan fingerprint density at radius 2 is 1.19 bits per heavy atom. The van der Waals surface area contributed by atoms with Crippen molar-refractivity contribution in [1.82, 2.24) is 10.2 Å². The van der Waals surface area contributed by atoms with Gasteiger partial charge in [-0.3, -0.25) is 9.69 Å². The van der Waals surface area contributed by atoms with Gasteiger partial charge >= 0.3 is 0 Å². The predicted molar refractivity (Wildman–Crippen MR) is 111 cm³/mol. The first-order valence-electron chi connectivity index (χ1n) is 11.4. The first kappa shape index (κ1) is 21.1. The summed E-state index contributed by atoms with van der Waals surface area (Å²) in [6.07, 6.45) is 15.1. The Morgan fingerprint density at radius 1 is 0.778 bits per heavy atom. The normalized spacial score (nSPS) is 31.2. The molecule has 1 amide bonds. The second kappa shape index (κ2) is 7.67. The number of hydrogen-bond donors (Lipinski definition) is 1. The van der Waals surface area contributed by atoms with Crippen molar-refractivity contribution in [2.45, 2.75) is 134 Å². The molecule has 1 saturated carbocycles. The monoisotopic (exact) mass is 378 g/mol. The molecule has 0 unspecified atom stereocenters. The highest BCUT2D eigenvalue weighted by molar-refractivity contribution is 5.88. The van der Waals surface area contributed by atoms with E-state index in [0.29, 0.717) is 0 Å². The molecule has 0 aromatic heterocycles. The molecule has 3 aliphatic rings. The Kier molecular flexibility index (Phi) is 5.99. The van der Waals surface area contributed by atoms with Crippen LogP contribution < -0.4 is 5.32 Å². The second-order valence-electron chi connectivity index (χ2n) is 10.8. The topological polar surface area (TPSA) is 41.6 Å². The van der Waals surface area contributed by atoms with Crippen LogP contribution in [0.1, 0.15) is 111 Å². The summed E-state index contributed by atoms with van der Waals surface area (Å²) in [5, 5.41) is 3.39. The molecular formula is C23H42N2O2. The van der Waals surface area contributed by atoms with E-state index in [-0.39, 0.29) is 17.0 Å². The number of amides is 1. The average molecular weight is 379 g/mol. The molecule has 27 heavy (non-hydrogen) atoms. The molecule has 2 heterocycles. The highest BCUT2D eigenvalue weighted by Crippen LogP contribution is 2.49. The Bertz CT molecular complexity index is 510. The van der Waals surface area contributed by atoms with Crippen molar-refractivity contribution in [3.05, 3.63) is 0 Å². The number of nitrogens with zero attached hydrogens (tertiary/aromatic N) is 1. The number of carbonyl (C=O) groups is 1. The Hall–Kier alpha value is -0.610. The van der Waals surface area contributed by atoms with Gasteiger partial charge in [-0.15, -0.1) is 0 Å². The minimum Gasteiger partial charge on any atom is -0.339 e. The van der Waals surface area contributed by atoms with Gasteiger partial charge in [-0.2, -0.15) is 0 Å². The highest BCUT2D eigenvalue weighted by atomic mass is 16.6. The van der Waals surface area contributed by atoms with Gasteiger partial charge in [-0.05, 0) is 60.4 Å². The maximum absolute atomic E-state index is 13.3. The zero-order valence-electron chi connectivity index (χ0n) is 18.5. The SMILES string of the molecule is CN1C(C)(C)CC2(CC1(C)C)OC1(CCCCCCCCCCC1)NC2=O. The third-order valence-corrected chi connectivity index (χ3v) is 7.56. The van der Waals surface area contributed by atoms with E-state index < -0.39 is 11.3 Å². The summed E-state index contributed by atoms with van der Waals surface area (Å²) in [7, 11) is 2.19. The fourth-order valence-corrected chi connectivity index (χ4v) is 5.93. The van der Waals surface area contributed by atoms with Crippen molar-refractivity contribution < 1.29 is 9.53 Å². The van der Waals surface area contributed by atoms with Crippen molar-refractivity contribution in [1.29, 1.82) is 0 Å². The largest absolute Gasteiger partial charge is 0.339 e. The third-order valence-electron chi connectivity index (χ3n) is 7.56. The lowest BCUT2D eigenvalue weighted by Crippen LogP contribution is -2.66. The lowest BCUT2D eigenvalue weighted by molar-refractivity contribution is -0.186. The number of hydrogen-bond acceptors (Lipinski definition) is 3. The summed E-state index contributed by atoms with van der Waals surface area (Å²) in [6.45, 7) is 8.99. The number of likely N-dealkylation sites (tertiary alicyclic amines) is 1.